The lowest BCUT2D eigenvalue weighted by atomic mass is 9.95. The number of thiazole rings is 1. The second kappa shape index (κ2) is 10.8. The molecule has 194 valence electrons. The molecule has 1 N–H and O–H groups in total. The van der Waals surface area contributed by atoms with Crippen molar-refractivity contribution >= 4 is 44.1 Å². The lowest BCUT2D eigenvalue weighted by Gasteiger charge is -2.23. The van der Waals surface area contributed by atoms with Crippen LogP contribution in [0.15, 0.2) is 72.3 Å². The topological polar surface area (TPSA) is 79.7 Å². The van der Waals surface area contributed by atoms with Crippen molar-refractivity contribution in [2.75, 3.05) is 11.5 Å². The Labute approximate surface area is 224 Å². The second-order valence-corrected chi connectivity index (χ2v) is 10.3. The number of amides is 1. The van der Waals surface area contributed by atoms with Crippen molar-refractivity contribution < 1.29 is 23.8 Å². The molecule has 0 aliphatic carbocycles. The summed E-state index contributed by atoms with van der Waals surface area (Å²) in [5, 5.41) is 11.6. The third-order valence-electron chi connectivity index (χ3n) is 6.51. The Morgan fingerprint density at radius 2 is 1.79 bits per heavy atom. The number of halogens is 1. The van der Waals surface area contributed by atoms with Gasteiger partial charge in [0.25, 0.3) is 5.78 Å². The number of nitrogens with zero attached hydrogens (tertiary/aromatic N) is 2. The zero-order valence-electron chi connectivity index (χ0n) is 21.1. The molecular formula is C30H27FN2O4S. The van der Waals surface area contributed by atoms with Crippen LogP contribution >= 0.6 is 11.3 Å². The monoisotopic (exact) mass is 530 g/mol. The highest BCUT2D eigenvalue weighted by Crippen LogP contribution is 2.44. The van der Waals surface area contributed by atoms with Crippen molar-refractivity contribution in [3.8, 4) is 5.75 Å². The van der Waals surface area contributed by atoms with Crippen molar-refractivity contribution in [1.82, 2.24) is 4.98 Å². The average molecular weight is 531 g/mol. The number of hydrogen-bond acceptors (Lipinski definition) is 6. The molecule has 2 heterocycles. The molecule has 0 bridgehead atoms. The number of anilines is 1. The highest BCUT2D eigenvalue weighted by Gasteiger charge is 2.48. The maximum absolute atomic E-state index is 13.5. The molecule has 1 amide bonds. The van der Waals surface area contributed by atoms with Crippen LogP contribution in [-0.4, -0.2) is 28.4 Å². The maximum Gasteiger partial charge on any atom is 0.301 e. The Balaban J connectivity index is 1.60. The van der Waals surface area contributed by atoms with E-state index in [0.29, 0.717) is 28.6 Å². The van der Waals surface area contributed by atoms with Gasteiger partial charge >= 0.3 is 5.91 Å². The van der Waals surface area contributed by atoms with Gasteiger partial charge in [-0.1, -0.05) is 49.3 Å². The number of ketones is 1. The zero-order chi connectivity index (χ0) is 26.8. The number of aliphatic hydroxyl groups excluding tert-OH is 1. The van der Waals surface area contributed by atoms with Gasteiger partial charge < -0.3 is 9.84 Å². The molecule has 4 aromatic rings. The number of unbranched alkanes of at least 4 members (excludes halogenated alkanes) is 2. The summed E-state index contributed by atoms with van der Waals surface area (Å²) in [5.74, 6) is -1.78. The molecule has 38 heavy (non-hydrogen) atoms. The van der Waals surface area contributed by atoms with Crippen LogP contribution in [0.1, 0.15) is 48.9 Å². The Hall–Kier alpha value is -4.04. The fourth-order valence-electron chi connectivity index (χ4n) is 4.52. The summed E-state index contributed by atoms with van der Waals surface area (Å²) in [6.45, 7) is 4.70. The number of carbonyl (C=O) groups excluding carboxylic acids is 2. The van der Waals surface area contributed by atoms with E-state index in [1.165, 1.54) is 40.5 Å². The van der Waals surface area contributed by atoms with Crippen LogP contribution in [0.3, 0.4) is 0 Å². The Bertz CT molecular complexity index is 1530. The summed E-state index contributed by atoms with van der Waals surface area (Å²) in [7, 11) is 0. The smallest absolute Gasteiger partial charge is 0.301 e. The van der Waals surface area contributed by atoms with Crippen LogP contribution in [0.4, 0.5) is 9.52 Å². The molecule has 1 unspecified atom stereocenters. The molecule has 1 aliphatic rings. The van der Waals surface area contributed by atoms with E-state index in [1.807, 2.05) is 25.1 Å². The Morgan fingerprint density at radius 1 is 1.05 bits per heavy atom. The molecule has 0 radical (unpaired) electrons. The molecule has 1 atom stereocenters. The van der Waals surface area contributed by atoms with Crippen LogP contribution in [0, 0.1) is 12.7 Å². The minimum atomic E-state index is -0.921. The van der Waals surface area contributed by atoms with Crippen molar-refractivity contribution in [2.24, 2.45) is 0 Å². The number of rotatable bonds is 8. The van der Waals surface area contributed by atoms with E-state index in [0.717, 1.165) is 29.5 Å². The van der Waals surface area contributed by atoms with Crippen LogP contribution in [0.25, 0.3) is 16.0 Å². The minimum absolute atomic E-state index is 0.0753. The third kappa shape index (κ3) is 4.91. The van der Waals surface area contributed by atoms with Crippen molar-refractivity contribution in [1.29, 1.82) is 0 Å². The zero-order valence-corrected chi connectivity index (χ0v) is 21.9. The number of benzene rings is 3. The summed E-state index contributed by atoms with van der Waals surface area (Å²) in [4.78, 5) is 32.8. The predicted molar refractivity (Wildman–Crippen MR) is 147 cm³/mol. The number of aliphatic hydroxyl groups is 1. The number of ether oxygens (including phenoxy) is 1. The summed E-state index contributed by atoms with van der Waals surface area (Å²) < 4.78 is 20.3. The first-order chi connectivity index (χ1) is 18.4. The molecular weight excluding hydrogens is 503 g/mol. The van der Waals surface area contributed by atoms with E-state index in [-0.39, 0.29) is 16.9 Å². The molecule has 6 nitrogen and oxygen atoms in total. The van der Waals surface area contributed by atoms with Gasteiger partial charge in [0, 0.05) is 5.56 Å². The molecule has 0 spiro atoms. The lowest BCUT2D eigenvalue weighted by Crippen LogP contribution is -2.29. The molecule has 8 heteroatoms. The highest BCUT2D eigenvalue weighted by atomic mass is 32.1. The fourth-order valence-corrected chi connectivity index (χ4v) is 5.61. The quantitative estimate of drug-likeness (QED) is 0.116. The number of Topliss-reactive ketones (excluding diaryl/α,β-unsaturated/α-hetero) is 1. The molecule has 1 saturated heterocycles. The molecule has 3 aromatic carbocycles. The second-order valence-electron chi connectivity index (χ2n) is 9.27. The first-order valence-corrected chi connectivity index (χ1v) is 13.4. The van der Waals surface area contributed by atoms with Gasteiger partial charge in [0.05, 0.1) is 28.4 Å². The van der Waals surface area contributed by atoms with Crippen LogP contribution in [-0.2, 0) is 9.59 Å². The van der Waals surface area contributed by atoms with E-state index in [9.17, 15) is 19.1 Å². The molecule has 1 fully saturated rings. The molecule has 5 rings (SSSR count). The standard InChI is InChI=1S/C30H27FN2O4S/c1-3-4-5-16-37-22-13-9-19(10-14-22)26-25(27(34)20-7-11-21(31)12-8-20)28(35)29(36)33(26)30-32-23-15-6-18(2)17-24(23)38-30/h6-15,17,26,34H,3-5,16H2,1-2H3. The average Bonchev–Trinajstić information content (AvgIpc) is 3.44. The van der Waals surface area contributed by atoms with E-state index in [4.69, 9.17) is 4.74 Å². The Morgan fingerprint density at radius 3 is 2.50 bits per heavy atom. The van der Waals surface area contributed by atoms with E-state index < -0.39 is 23.5 Å². The third-order valence-corrected chi connectivity index (χ3v) is 7.53. The van der Waals surface area contributed by atoms with Gasteiger partial charge in [0.15, 0.2) is 5.13 Å². The largest absolute Gasteiger partial charge is 0.507 e. The minimum Gasteiger partial charge on any atom is -0.507 e. The number of aryl methyl sites for hydroxylation is 1. The summed E-state index contributed by atoms with van der Waals surface area (Å²) >= 11 is 1.31. The van der Waals surface area contributed by atoms with Crippen molar-refractivity contribution in [2.45, 2.75) is 39.2 Å². The van der Waals surface area contributed by atoms with E-state index >= 15 is 0 Å². The highest BCUT2D eigenvalue weighted by molar-refractivity contribution is 7.22. The number of carbonyl (C=O) groups is 2. The molecule has 0 saturated carbocycles. The van der Waals surface area contributed by atoms with Gasteiger partial charge in [-0.15, -0.1) is 0 Å². The van der Waals surface area contributed by atoms with Gasteiger partial charge in [-0.3, -0.25) is 14.5 Å². The molecule has 1 aliphatic heterocycles. The number of fused-ring (bicyclic) bond motifs is 1. The lowest BCUT2D eigenvalue weighted by molar-refractivity contribution is -0.132. The summed E-state index contributed by atoms with van der Waals surface area (Å²) in [6, 6.07) is 17.2. The van der Waals surface area contributed by atoms with E-state index in [1.54, 1.807) is 24.3 Å². The van der Waals surface area contributed by atoms with E-state index in [2.05, 4.69) is 11.9 Å². The predicted octanol–water partition coefficient (Wildman–Crippen LogP) is 6.94. The van der Waals surface area contributed by atoms with Crippen molar-refractivity contribution in [3.63, 3.8) is 0 Å². The van der Waals surface area contributed by atoms with Gasteiger partial charge in [-0.25, -0.2) is 9.37 Å². The van der Waals surface area contributed by atoms with Gasteiger partial charge in [0.1, 0.15) is 17.3 Å². The first-order valence-electron chi connectivity index (χ1n) is 12.5. The van der Waals surface area contributed by atoms with Gasteiger partial charge in [-0.2, -0.15) is 0 Å². The maximum atomic E-state index is 13.5. The van der Waals surface area contributed by atoms with Gasteiger partial charge in [-0.05, 0) is 73.0 Å². The molecule has 1 aromatic heterocycles. The van der Waals surface area contributed by atoms with Gasteiger partial charge in [0.2, 0.25) is 0 Å². The fraction of sp³-hybridized carbons (Fsp3) is 0.233. The first kappa shape index (κ1) is 25.6. The Kier molecular flexibility index (Phi) is 7.24. The summed E-state index contributed by atoms with van der Waals surface area (Å²) in [5.41, 5.74) is 2.55. The van der Waals surface area contributed by atoms with Crippen molar-refractivity contribution in [3.05, 3.63) is 94.8 Å². The normalized spacial score (nSPS) is 16.9. The SMILES string of the molecule is CCCCCOc1ccc(C2C(=C(O)c3ccc(F)cc3)C(=O)C(=O)N2c2nc3ccc(C)cc3s2)cc1. The summed E-state index contributed by atoms with van der Waals surface area (Å²) in [6.07, 6.45) is 3.13. The van der Waals surface area contributed by atoms with Crippen LogP contribution < -0.4 is 9.64 Å². The number of hydrogen-bond donors (Lipinski definition) is 1. The number of aromatic nitrogens is 1. The van der Waals surface area contributed by atoms with Crippen LogP contribution in [0.5, 0.6) is 5.75 Å². The van der Waals surface area contributed by atoms with Crippen LogP contribution in [0.2, 0.25) is 0 Å².